The molecule has 1 heterocycles. The Balaban J connectivity index is 1.82. The molecule has 1 unspecified atom stereocenters. The molecule has 2 rings (SSSR count). The molecule has 0 aliphatic rings. The molecule has 0 fully saturated rings. The number of halogens is 1. The van der Waals surface area contributed by atoms with E-state index < -0.39 is 0 Å². The smallest absolute Gasteiger partial charge is 0.220 e. The van der Waals surface area contributed by atoms with Crippen molar-refractivity contribution in [3.63, 3.8) is 0 Å². The minimum Gasteiger partial charge on any atom is -0.350 e. The quantitative estimate of drug-likeness (QED) is 0.909. The van der Waals surface area contributed by atoms with Gasteiger partial charge in [0.05, 0.1) is 6.04 Å². The first-order valence-electron chi connectivity index (χ1n) is 6.59. The Morgan fingerprint density at radius 1 is 1.20 bits per heavy atom. The minimum atomic E-state index is -0.260. The molecule has 0 bridgehead atoms. The van der Waals surface area contributed by atoms with E-state index in [2.05, 4.69) is 10.3 Å². The standard InChI is InChI=1S/C16H17FN2O/c1-12(14-8-10-18-11-9-14)19-16(20)7-4-13-2-5-15(17)6-3-13/h2-3,5-6,8-12H,4,7H2,1H3,(H,19,20). The van der Waals surface area contributed by atoms with Gasteiger partial charge < -0.3 is 5.32 Å². The van der Waals surface area contributed by atoms with Gasteiger partial charge in [0.1, 0.15) is 5.82 Å². The zero-order valence-electron chi connectivity index (χ0n) is 11.3. The van der Waals surface area contributed by atoms with Crippen LogP contribution in [0.4, 0.5) is 4.39 Å². The fraction of sp³-hybridized carbons (Fsp3) is 0.250. The van der Waals surface area contributed by atoms with Crippen molar-refractivity contribution in [2.24, 2.45) is 0 Å². The average molecular weight is 272 g/mol. The van der Waals surface area contributed by atoms with Crippen molar-refractivity contribution >= 4 is 5.91 Å². The molecule has 1 amide bonds. The Morgan fingerprint density at radius 2 is 1.85 bits per heavy atom. The zero-order valence-corrected chi connectivity index (χ0v) is 11.3. The van der Waals surface area contributed by atoms with Gasteiger partial charge in [0.15, 0.2) is 0 Å². The molecule has 2 aromatic rings. The van der Waals surface area contributed by atoms with Crippen LogP contribution in [0.5, 0.6) is 0 Å². The van der Waals surface area contributed by atoms with Crippen molar-refractivity contribution in [3.8, 4) is 0 Å². The zero-order chi connectivity index (χ0) is 14.4. The second-order valence-corrected chi connectivity index (χ2v) is 4.70. The third-order valence-electron chi connectivity index (χ3n) is 3.14. The number of rotatable bonds is 5. The molecule has 0 aliphatic carbocycles. The van der Waals surface area contributed by atoms with Gasteiger partial charge in [-0.2, -0.15) is 0 Å². The van der Waals surface area contributed by atoms with Gasteiger partial charge >= 0.3 is 0 Å². The molecule has 0 saturated heterocycles. The number of nitrogens with zero attached hydrogens (tertiary/aromatic N) is 1. The van der Waals surface area contributed by atoms with Crippen LogP contribution < -0.4 is 5.32 Å². The third-order valence-corrected chi connectivity index (χ3v) is 3.14. The molecule has 0 aliphatic heterocycles. The molecule has 0 radical (unpaired) electrons. The van der Waals surface area contributed by atoms with E-state index in [1.807, 2.05) is 19.1 Å². The lowest BCUT2D eigenvalue weighted by Crippen LogP contribution is -2.26. The maximum Gasteiger partial charge on any atom is 0.220 e. The maximum absolute atomic E-state index is 12.8. The summed E-state index contributed by atoms with van der Waals surface area (Å²) in [5.41, 5.74) is 1.98. The Labute approximate surface area is 117 Å². The second-order valence-electron chi connectivity index (χ2n) is 4.70. The van der Waals surface area contributed by atoms with E-state index in [1.54, 1.807) is 24.5 Å². The highest BCUT2D eigenvalue weighted by Gasteiger charge is 2.09. The van der Waals surface area contributed by atoms with E-state index in [4.69, 9.17) is 0 Å². The molecule has 20 heavy (non-hydrogen) atoms. The number of aryl methyl sites for hydroxylation is 1. The molecule has 0 spiro atoms. The first-order valence-corrected chi connectivity index (χ1v) is 6.59. The normalized spacial score (nSPS) is 11.9. The summed E-state index contributed by atoms with van der Waals surface area (Å²) < 4.78 is 12.8. The van der Waals surface area contributed by atoms with Crippen LogP contribution in [0.1, 0.15) is 30.5 Å². The summed E-state index contributed by atoms with van der Waals surface area (Å²) >= 11 is 0. The van der Waals surface area contributed by atoms with Gasteiger partial charge in [0.25, 0.3) is 0 Å². The average Bonchev–Trinajstić information content (AvgIpc) is 2.47. The van der Waals surface area contributed by atoms with Crippen LogP contribution in [0.25, 0.3) is 0 Å². The van der Waals surface area contributed by atoms with E-state index in [0.717, 1.165) is 11.1 Å². The topological polar surface area (TPSA) is 42.0 Å². The van der Waals surface area contributed by atoms with Crippen LogP contribution >= 0.6 is 0 Å². The number of hydrogen-bond donors (Lipinski definition) is 1. The predicted molar refractivity (Wildman–Crippen MR) is 75.5 cm³/mol. The minimum absolute atomic E-state index is 0.0152. The number of carbonyl (C=O) groups is 1. The van der Waals surface area contributed by atoms with Crippen molar-refractivity contribution in [2.75, 3.05) is 0 Å². The van der Waals surface area contributed by atoms with Crippen LogP contribution in [0, 0.1) is 5.82 Å². The largest absolute Gasteiger partial charge is 0.350 e. The van der Waals surface area contributed by atoms with Gasteiger partial charge in [-0.15, -0.1) is 0 Å². The van der Waals surface area contributed by atoms with Gasteiger partial charge in [-0.1, -0.05) is 12.1 Å². The summed E-state index contributed by atoms with van der Waals surface area (Å²) in [6.45, 7) is 1.94. The highest BCUT2D eigenvalue weighted by Crippen LogP contribution is 2.11. The molecule has 1 aromatic carbocycles. The lowest BCUT2D eigenvalue weighted by Gasteiger charge is -2.14. The third kappa shape index (κ3) is 4.16. The second kappa shape index (κ2) is 6.80. The molecule has 1 aromatic heterocycles. The molecular weight excluding hydrogens is 255 g/mol. The molecule has 104 valence electrons. The van der Waals surface area contributed by atoms with Gasteiger partial charge in [-0.3, -0.25) is 9.78 Å². The fourth-order valence-electron chi connectivity index (χ4n) is 1.96. The van der Waals surface area contributed by atoms with E-state index >= 15 is 0 Å². The van der Waals surface area contributed by atoms with Crippen molar-refractivity contribution in [3.05, 3.63) is 65.7 Å². The highest BCUT2D eigenvalue weighted by molar-refractivity contribution is 5.76. The van der Waals surface area contributed by atoms with E-state index in [-0.39, 0.29) is 17.8 Å². The Hall–Kier alpha value is -2.23. The molecule has 3 nitrogen and oxygen atoms in total. The van der Waals surface area contributed by atoms with Crippen LogP contribution in [0.15, 0.2) is 48.8 Å². The van der Waals surface area contributed by atoms with E-state index in [9.17, 15) is 9.18 Å². The molecule has 1 atom stereocenters. The maximum atomic E-state index is 12.8. The molecular formula is C16H17FN2O. The lowest BCUT2D eigenvalue weighted by molar-refractivity contribution is -0.121. The van der Waals surface area contributed by atoms with Crippen molar-refractivity contribution in [1.29, 1.82) is 0 Å². The highest BCUT2D eigenvalue weighted by atomic mass is 19.1. The van der Waals surface area contributed by atoms with E-state index in [0.29, 0.717) is 12.8 Å². The number of hydrogen-bond acceptors (Lipinski definition) is 2. The van der Waals surface area contributed by atoms with Gasteiger partial charge in [-0.05, 0) is 48.7 Å². The summed E-state index contributed by atoms with van der Waals surface area (Å²) in [5, 5.41) is 2.94. The Morgan fingerprint density at radius 3 is 2.50 bits per heavy atom. The number of aromatic nitrogens is 1. The number of amides is 1. The Kier molecular flexibility index (Phi) is 4.82. The van der Waals surface area contributed by atoms with Crippen molar-refractivity contribution in [2.45, 2.75) is 25.8 Å². The molecule has 0 saturated carbocycles. The lowest BCUT2D eigenvalue weighted by atomic mass is 10.1. The van der Waals surface area contributed by atoms with Crippen molar-refractivity contribution < 1.29 is 9.18 Å². The van der Waals surface area contributed by atoms with Gasteiger partial charge in [0, 0.05) is 18.8 Å². The monoisotopic (exact) mass is 272 g/mol. The van der Waals surface area contributed by atoms with Crippen molar-refractivity contribution in [1.82, 2.24) is 10.3 Å². The van der Waals surface area contributed by atoms with Crippen LogP contribution in [-0.4, -0.2) is 10.9 Å². The first-order chi connectivity index (χ1) is 9.65. The van der Waals surface area contributed by atoms with Crippen LogP contribution in [0.3, 0.4) is 0 Å². The number of carbonyl (C=O) groups excluding carboxylic acids is 1. The van der Waals surface area contributed by atoms with Crippen LogP contribution in [0.2, 0.25) is 0 Å². The summed E-state index contributed by atoms with van der Waals surface area (Å²) in [6.07, 6.45) is 4.41. The summed E-state index contributed by atoms with van der Waals surface area (Å²) in [6, 6.07) is 9.94. The summed E-state index contributed by atoms with van der Waals surface area (Å²) in [5.74, 6) is -0.275. The SMILES string of the molecule is CC(NC(=O)CCc1ccc(F)cc1)c1ccncc1. The first kappa shape index (κ1) is 14.2. The molecule has 4 heteroatoms. The summed E-state index contributed by atoms with van der Waals surface area (Å²) in [7, 11) is 0. The van der Waals surface area contributed by atoms with Gasteiger partial charge in [0.2, 0.25) is 5.91 Å². The van der Waals surface area contributed by atoms with E-state index in [1.165, 1.54) is 12.1 Å². The summed E-state index contributed by atoms with van der Waals surface area (Å²) in [4.78, 5) is 15.8. The Bertz CT molecular complexity index is 554. The number of benzene rings is 1. The predicted octanol–water partition coefficient (Wildman–Crippen LogP) is 3.03. The number of pyridine rings is 1. The van der Waals surface area contributed by atoms with Gasteiger partial charge in [-0.25, -0.2) is 4.39 Å². The van der Waals surface area contributed by atoms with Crippen LogP contribution in [-0.2, 0) is 11.2 Å². The molecule has 1 N–H and O–H groups in total. The number of nitrogens with one attached hydrogen (secondary N) is 1. The fourth-order valence-corrected chi connectivity index (χ4v) is 1.96.